The van der Waals surface area contributed by atoms with Gasteiger partial charge in [0.1, 0.15) is 0 Å². The summed E-state index contributed by atoms with van der Waals surface area (Å²) in [6, 6.07) is 0. The molecule has 0 aromatic carbocycles. The van der Waals surface area contributed by atoms with Gasteiger partial charge in [-0.3, -0.25) is 4.68 Å². The number of hydrogen-bond donors (Lipinski definition) is 1. The summed E-state index contributed by atoms with van der Waals surface area (Å²) in [7, 11) is 0. The van der Waals surface area contributed by atoms with E-state index in [1.807, 2.05) is 13.1 Å². The first-order valence-corrected chi connectivity index (χ1v) is 4.07. The minimum absolute atomic E-state index is 0.715. The third-order valence-electron chi connectivity index (χ3n) is 1.75. The molecule has 0 unspecified atom stereocenters. The molecule has 0 radical (unpaired) electrons. The second kappa shape index (κ2) is 3.89. The van der Waals surface area contributed by atoms with Gasteiger partial charge in [0.2, 0.25) is 0 Å². The third-order valence-corrected chi connectivity index (χ3v) is 1.75. The van der Waals surface area contributed by atoms with Gasteiger partial charge in [0, 0.05) is 24.4 Å². The van der Waals surface area contributed by atoms with Crippen molar-refractivity contribution in [3.63, 3.8) is 0 Å². The third kappa shape index (κ3) is 2.43. The Labute approximate surface area is 76.5 Å². The normalized spacial score (nSPS) is 11.7. The highest BCUT2D eigenvalue weighted by Crippen LogP contribution is 2.11. The summed E-state index contributed by atoms with van der Waals surface area (Å²) in [6.45, 7) is 4.53. The van der Waals surface area contributed by atoms with Crippen LogP contribution in [0.4, 0.5) is 0 Å². The second-order valence-electron chi connectivity index (χ2n) is 2.75. The van der Waals surface area contributed by atoms with Crippen molar-refractivity contribution < 1.29 is 9.90 Å². The van der Waals surface area contributed by atoms with Crippen LogP contribution >= 0.6 is 0 Å². The number of allylic oxidation sites excluding steroid dienone is 1. The standard InChI is InChI=1S/C9H12N2O2/c1-3-11-6-8(5-10-11)7(2)4-9(12)13/h4-6H,3H2,1-2H3,(H,12,13)/b7-4+. The number of carbonyl (C=O) groups is 1. The van der Waals surface area contributed by atoms with Crippen molar-refractivity contribution in [2.45, 2.75) is 20.4 Å². The Kier molecular flexibility index (Phi) is 2.84. The van der Waals surface area contributed by atoms with Crippen LogP contribution in [0.3, 0.4) is 0 Å². The predicted molar refractivity (Wildman–Crippen MR) is 49.2 cm³/mol. The highest BCUT2D eigenvalue weighted by molar-refractivity contribution is 5.89. The van der Waals surface area contributed by atoms with Crippen molar-refractivity contribution in [1.29, 1.82) is 0 Å². The lowest BCUT2D eigenvalue weighted by Crippen LogP contribution is -1.92. The Hall–Kier alpha value is -1.58. The van der Waals surface area contributed by atoms with Gasteiger partial charge in [-0.05, 0) is 19.4 Å². The number of rotatable bonds is 3. The number of nitrogens with zero attached hydrogens (tertiary/aromatic N) is 2. The summed E-state index contributed by atoms with van der Waals surface area (Å²) in [5, 5.41) is 12.6. The van der Waals surface area contributed by atoms with E-state index in [2.05, 4.69) is 5.10 Å². The molecule has 4 nitrogen and oxygen atoms in total. The lowest BCUT2D eigenvalue weighted by Gasteiger charge is -1.93. The highest BCUT2D eigenvalue weighted by Gasteiger charge is 2.00. The molecule has 0 atom stereocenters. The van der Waals surface area contributed by atoms with Gasteiger partial charge in [0.05, 0.1) is 6.20 Å². The van der Waals surface area contributed by atoms with Crippen LogP contribution in [0.1, 0.15) is 19.4 Å². The monoisotopic (exact) mass is 180 g/mol. The van der Waals surface area contributed by atoms with Gasteiger partial charge in [0.15, 0.2) is 0 Å². The van der Waals surface area contributed by atoms with Crippen LogP contribution in [-0.4, -0.2) is 20.9 Å². The first-order chi connectivity index (χ1) is 6.13. The summed E-state index contributed by atoms with van der Waals surface area (Å²) in [6.07, 6.45) is 4.67. The highest BCUT2D eigenvalue weighted by atomic mass is 16.4. The first-order valence-electron chi connectivity index (χ1n) is 4.07. The molecule has 0 saturated heterocycles. The molecule has 1 N–H and O–H groups in total. The molecule has 0 amide bonds. The van der Waals surface area contributed by atoms with E-state index in [9.17, 15) is 4.79 Å². The van der Waals surface area contributed by atoms with Crippen molar-refractivity contribution in [2.24, 2.45) is 0 Å². The minimum atomic E-state index is -0.929. The topological polar surface area (TPSA) is 55.1 Å². The SMILES string of the molecule is CCn1cc(/C(C)=C/C(=O)O)cn1. The summed E-state index contributed by atoms with van der Waals surface area (Å²) in [5.74, 6) is -0.929. The van der Waals surface area contributed by atoms with E-state index in [4.69, 9.17) is 5.11 Å². The van der Waals surface area contributed by atoms with Crippen LogP contribution in [0.5, 0.6) is 0 Å². The molecule has 4 heteroatoms. The van der Waals surface area contributed by atoms with Gasteiger partial charge in [-0.2, -0.15) is 5.10 Å². The molecule has 0 bridgehead atoms. The van der Waals surface area contributed by atoms with Gasteiger partial charge < -0.3 is 5.11 Å². The molecule has 0 saturated carbocycles. The van der Waals surface area contributed by atoms with Gasteiger partial charge in [-0.15, -0.1) is 0 Å². The van der Waals surface area contributed by atoms with Crippen LogP contribution in [-0.2, 0) is 11.3 Å². The number of hydrogen-bond acceptors (Lipinski definition) is 2. The summed E-state index contributed by atoms with van der Waals surface area (Å²) >= 11 is 0. The number of aliphatic carboxylic acids is 1. The smallest absolute Gasteiger partial charge is 0.328 e. The fourth-order valence-corrected chi connectivity index (χ4v) is 1.01. The van der Waals surface area contributed by atoms with Crippen LogP contribution in [0, 0.1) is 0 Å². The molecule has 1 aromatic heterocycles. The van der Waals surface area contributed by atoms with E-state index in [1.165, 1.54) is 6.08 Å². The van der Waals surface area contributed by atoms with Crippen LogP contribution < -0.4 is 0 Å². The zero-order chi connectivity index (χ0) is 9.84. The molecule has 1 heterocycles. The van der Waals surface area contributed by atoms with E-state index in [0.717, 1.165) is 12.1 Å². The fraction of sp³-hybridized carbons (Fsp3) is 0.333. The Morgan fingerprint density at radius 2 is 2.46 bits per heavy atom. The Bertz CT molecular complexity index is 339. The molecule has 70 valence electrons. The average molecular weight is 180 g/mol. The van der Waals surface area contributed by atoms with Crippen molar-refractivity contribution in [2.75, 3.05) is 0 Å². The van der Waals surface area contributed by atoms with Crippen LogP contribution in [0.25, 0.3) is 5.57 Å². The molecule has 1 rings (SSSR count). The predicted octanol–water partition coefficient (Wildman–Crippen LogP) is 1.39. The summed E-state index contributed by atoms with van der Waals surface area (Å²) in [5.41, 5.74) is 1.57. The van der Waals surface area contributed by atoms with Crippen LogP contribution in [0.2, 0.25) is 0 Å². The Morgan fingerprint density at radius 3 is 2.92 bits per heavy atom. The van der Waals surface area contributed by atoms with Crippen molar-refractivity contribution in [3.8, 4) is 0 Å². The maximum atomic E-state index is 10.4. The van der Waals surface area contributed by atoms with Gasteiger partial charge in [0.25, 0.3) is 0 Å². The van der Waals surface area contributed by atoms with Gasteiger partial charge in [-0.25, -0.2) is 4.79 Å². The molecular weight excluding hydrogens is 168 g/mol. The quantitative estimate of drug-likeness (QED) is 0.715. The number of carboxylic acids is 1. The summed E-state index contributed by atoms with van der Waals surface area (Å²) in [4.78, 5) is 10.4. The number of carboxylic acid groups (broad SMARTS) is 1. The maximum absolute atomic E-state index is 10.4. The van der Waals surface area contributed by atoms with E-state index in [-0.39, 0.29) is 0 Å². The minimum Gasteiger partial charge on any atom is -0.478 e. The first kappa shape index (κ1) is 9.51. The Morgan fingerprint density at radius 1 is 1.77 bits per heavy atom. The molecule has 0 spiro atoms. The van der Waals surface area contributed by atoms with Gasteiger partial charge >= 0.3 is 5.97 Å². The van der Waals surface area contributed by atoms with Gasteiger partial charge in [-0.1, -0.05) is 0 Å². The lowest BCUT2D eigenvalue weighted by molar-refractivity contribution is -0.131. The van der Waals surface area contributed by atoms with E-state index < -0.39 is 5.97 Å². The number of aryl methyl sites for hydroxylation is 1. The zero-order valence-corrected chi connectivity index (χ0v) is 7.69. The Balaban J connectivity index is 2.88. The fourth-order valence-electron chi connectivity index (χ4n) is 1.01. The summed E-state index contributed by atoms with van der Waals surface area (Å²) < 4.78 is 1.76. The van der Waals surface area contributed by atoms with E-state index in [0.29, 0.717) is 5.57 Å². The van der Waals surface area contributed by atoms with Crippen molar-refractivity contribution in [1.82, 2.24) is 9.78 Å². The second-order valence-corrected chi connectivity index (χ2v) is 2.75. The molecule has 1 aromatic rings. The largest absolute Gasteiger partial charge is 0.478 e. The average Bonchev–Trinajstić information content (AvgIpc) is 2.50. The molecule has 0 aliphatic heterocycles. The molecule has 13 heavy (non-hydrogen) atoms. The molecular formula is C9H12N2O2. The van der Waals surface area contributed by atoms with E-state index in [1.54, 1.807) is 17.8 Å². The molecule has 0 aliphatic carbocycles. The zero-order valence-electron chi connectivity index (χ0n) is 7.69. The lowest BCUT2D eigenvalue weighted by atomic mass is 10.1. The number of aromatic nitrogens is 2. The van der Waals surface area contributed by atoms with Crippen LogP contribution in [0.15, 0.2) is 18.5 Å². The maximum Gasteiger partial charge on any atom is 0.328 e. The van der Waals surface area contributed by atoms with E-state index >= 15 is 0 Å². The van der Waals surface area contributed by atoms with Crippen molar-refractivity contribution in [3.05, 3.63) is 24.0 Å². The van der Waals surface area contributed by atoms with Crippen molar-refractivity contribution >= 4 is 11.5 Å². The molecule has 0 aliphatic rings. The molecule has 0 fully saturated rings.